The Balaban J connectivity index is 1.57. The topological polar surface area (TPSA) is 97.0 Å². The number of rotatable bonds is 4. The van der Waals surface area contributed by atoms with E-state index in [9.17, 15) is 9.59 Å². The number of fused-ring (bicyclic) bond motifs is 7. The molecule has 40 heavy (non-hydrogen) atoms. The smallest absolute Gasteiger partial charge is 0.250 e. The molecule has 2 amide bonds. The molecule has 0 aliphatic carbocycles. The quantitative estimate of drug-likeness (QED) is 0.452. The second kappa shape index (κ2) is 8.56. The number of para-hydroxylation sites is 1. The van der Waals surface area contributed by atoms with Crippen molar-refractivity contribution in [3.63, 3.8) is 0 Å². The summed E-state index contributed by atoms with van der Waals surface area (Å²) in [6, 6.07) is 15.8. The van der Waals surface area contributed by atoms with E-state index in [4.69, 9.17) is 21.1 Å². The predicted octanol–water partition coefficient (Wildman–Crippen LogP) is 4.68. The number of carbonyl (C=O) groups is 3. The highest BCUT2D eigenvalue weighted by molar-refractivity contribution is 6.35. The van der Waals surface area contributed by atoms with Gasteiger partial charge in [0.15, 0.2) is 17.3 Å². The van der Waals surface area contributed by atoms with Crippen LogP contribution in [-0.4, -0.2) is 49.3 Å². The molecular formula is C31H28ClN3O5. The van der Waals surface area contributed by atoms with E-state index in [1.807, 2.05) is 37.3 Å². The number of methoxy groups -OCH3 is 2. The Labute approximate surface area is 236 Å². The third-order valence-corrected chi connectivity index (χ3v) is 9.56. The molecular weight excluding hydrogens is 530 g/mol. The first-order valence-electron chi connectivity index (χ1n) is 13.4. The number of nitrogens with zero attached hydrogens (tertiary/aromatic N) is 1. The zero-order chi connectivity index (χ0) is 28.0. The summed E-state index contributed by atoms with van der Waals surface area (Å²) in [5, 5.41) is 6.49. The molecule has 2 saturated heterocycles. The Morgan fingerprint density at radius 3 is 2.52 bits per heavy atom. The van der Waals surface area contributed by atoms with Crippen molar-refractivity contribution in [2.45, 2.75) is 36.8 Å². The predicted molar refractivity (Wildman–Crippen MR) is 150 cm³/mol. The molecule has 8 nitrogen and oxygen atoms in total. The Morgan fingerprint density at radius 2 is 1.75 bits per heavy atom. The molecule has 0 aromatic heterocycles. The van der Waals surface area contributed by atoms with Crippen LogP contribution in [0.15, 0.2) is 54.6 Å². The molecule has 204 valence electrons. The van der Waals surface area contributed by atoms with Crippen molar-refractivity contribution in [1.82, 2.24) is 4.90 Å². The molecule has 2 fully saturated rings. The van der Waals surface area contributed by atoms with Gasteiger partial charge < -0.3 is 20.1 Å². The van der Waals surface area contributed by atoms with Gasteiger partial charge >= 0.3 is 0 Å². The minimum Gasteiger partial charge on any atom is -0.493 e. The molecule has 7 rings (SSSR count). The highest BCUT2D eigenvalue weighted by Gasteiger charge is 2.79. The van der Waals surface area contributed by atoms with Crippen molar-refractivity contribution < 1.29 is 23.9 Å². The van der Waals surface area contributed by atoms with E-state index in [1.54, 1.807) is 24.3 Å². The summed E-state index contributed by atoms with van der Waals surface area (Å²) in [5.41, 5.74) is 1.01. The molecule has 4 heterocycles. The maximum atomic E-state index is 15.0. The van der Waals surface area contributed by atoms with Crippen molar-refractivity contribution in [3.05, 3.63) is 81.9 Å². The van der Waals surface area contributed by atoms with Gasteiger partial charge in [-0.15, -0.1) is 0 Å². The van der Waals surface area contributed by atoms with Gasteiger partial charge in [-0.1, -0.05) is 35.9 Å². The molecule has 0 unspecified atom stereocenters. The number of amides is 2. The van der Waals surface area contributed by atoms with Crippen LogP contribution in [0.25, 0.3) is 0 Å². The van der Waals surface area contributed by atoms with Gasteiger partial charge in [-0.3, -0.25) is 19.3 Å². The Bertz CT molecular complexity index is 1640. The summed E-state index contributed by atoms with van der Waals surface area (Å²) in [4.78, 5) is 46.0. The monoisotopic (exact) mass is 557 g/mol. The van der Waals surface area contributed by atoms with Crippen LogP contribution in [0.4, 0.5) is 11.4 Å². The van der Waals surface area contributed by atoms with Crippen LogP contribution in [0.2, 0.25) is 5.02 Å². The van der Waals surface area contributed by atoms with Gasteiger partial charge in [-0.05, 0) is 67.8 Å². The van der Waals surface area contributed by atoms with Crippen LogP contribution in [0, 0.1) is 12.8 Å². The van der Waals surface area contributed by atoms with Gasteiger partial charge in [0.1, 0.15) is 11.0 Å². The van der Waals surface area contributed by atoms with E-state index in [1.165, 1.54) is 14.2 Å². The largest absolute Gasteiger partial charge is 0.493 e. The molecule has 2 spiro atoms. The van der Waals surface area contributed by atoms with Gasteiger partial charge in [0, 0.05) is 22.9 Å². The maximum absolute atomic E-state index is 15.0. The summed E-state index contributed by atoms with van der Waals surface area (Å²) in [5.74, 6) is -1.13. The molecule has 0 saturated carbocycles. The number of ether oxygens (including phenoxy) is 2. The fourth-order valence-electron chi connectivity index (χ4n) is 7.89. The highest BCUT2D eigenvalue weighted by Crippen LogP contribution is 2.66. The van der Waals surface area contributed by atoms with Crippen LogP contribution >= 0.6 is 11.6 Å². The van der Waals surface area contributed by atoms with Crippen molar-refractivity contribution in [2.75, 3.05) is 31.4 Å². The van der Waals surface area contributed by atoms with Crippen LogP contribution in [0.1, 0.15) is 39.9 Å². The van der Waals surface area contributed by atoms with Crippen LogP contribution in [0.3, 0.4) is 0 Å². The average Bonchev–Trinajstić information content (AvgIpc) is 3.67. The number of Topliss-reactive ketones (excluding diaryl/α,β-unsaturated/α-hetero) is 1. The standard InChI is InChI=1S/C31H28ClN3O5/c1-16-13-19-25(20(32)14-16)34-29(38)31(19)27(26(36)17-10-11-22(39-2)23(15-17)40-3)30(24-9-6-12-35(24)31)18-7-4-5-8-21(18)33-28(30)37/h4-5,7-8,10-11,13-15,24,27H,6,9,12H2,1-3H3,(H,33,37)(H,34,38)/t24-,27+,30+,31-/m0/s1. The van der Waals surface area contributed by atoms with E-state index >= 15 is 4.79 Å². The lowest BCUT2D eigenvalue weighted by atomic mass is 9.60. The van der Waals surface area contributed by atoms with Gasteiger partial charge in [-0.2, -0.15) is 0 Å². The number of hydrogen-bond acceptors (Lipinski definition) is 6. The number of aryl methyl sites for hydroxylation is 1. The van der Waals surface area contributed by atoms with Crippen molar-refractivity contribution in [1.29, 1.82) is 0 Å². The minimum atomic E-state index is -1.44. The third-order valence-electron chi connectivity index (χ3n) is 9.26. The van der Waals surface area contributed by atoms with Crippen molar-refractivity contribution >= 4 is 40.6 Å². The number of halogens is 1. The van der Waals surface area contributed by atoms with Crippen LogP contribution in [0.5, 0.6) is 11.5 Å². The SMILES string of the molecule is COc1ccc(C(=O)[C@@H]2[C@]3(C(=O)Nc4ccccc43)[C@@H]3CCCN3[C@]23C(=O)Nc2c(Cl)cc(C)cc23)cc1OC. The summed E-state index contributed by atoms with van der Waals surface area (Å²) in [7, 11) is 3.04. The van der Waals surface area contributed by atoms with Gasteiger partial charge in [0.25, 0.3) is 0 Å². The molecule has 2 N–H and O–H groups in total. The Hall–Kier alpha value is -3.88. The van der Waals surface area contributed by atoms with E-state index in [0.29, 0.717) is 52.0 Å². The molecule has 4 aliphatic heterocycles. The minimum absolute atomic E-state index is 0.263. The fraction of sp³-hybridized carbons (Fsp3) is 0.323. The molecule has 0 radical (unpaired) electrons. The van der Waals surface area contributed by atoms with Gasteiger partial charge in [0.2, 0.25) is 11.8 Å². The number of anilines is 2. The maximum Gasteiger partial charge on any atom is 0.250 e. The first-order chi connectivity index (χ1) is 19.3. The Kier molecular flexibility index (Phi) is 5.37. The first kappa shape index (κ1) is 25.1. The normalized spacial score (nSPS) is 27.9. The first-order valence-corrected chi connectivity index (χ1v) is 13.7. The number of nitrogens with one attached hydrogen (secondary N) is 2. The number of benzene rings is 3. The van der Waals surface area contributed by atoms with E-state index in [-0.39, 0.29) is 23.6 Å². The average molecular weight is 558 g/mol. The molecule has 9 heteroatoms. The summed E-state index contributed by atoms with van der Waals surface area (Å²) in [6.45, 7) is 2.48. The van der Waals surface area contributed by atoms with Gasteiger partial charge in [0.05, 0.1) is 30.8 Å². The summed E-state index contributed by atoms with van der Waals surface area (Å²) in [6.07, 6.45) is 1.46. The molecule has 3 aromatic carbocycles. The second-order valence-electron chi connectivity index (χ2n) is 11.0. The number of ketones is 1. The molecule has 3 aromatic rings. The lowest BCUT2D eigenvalue weighted by molar-refractivity contribution is -0.128. The highest BCUT2D eigenvalue weighted by atomic mass is 35.5. The van der Waals surface area contributed by atoms with E-state index in [2.05, 4.69) is 15.5 Å². The Morgan fingerprint density at radius 1 is 0.975 bits per heavy atom. The molecule has 0 bridgehead atoms. The fourth-order valence-corrected chi connectivity index (χ4v) is 8.21. The second-order valence-corrected chi connectivity index (χ2v) is 11.4. The van der Waals surface area contributed by atoms with Gasteiger partial charge in [-0.25, -0.2) is 0 Å². The van der Waals surface area contributed by atoms with Crippen molar-refractivity contribution in [3.8, 4) is 11.5 Å². The summed E-state index contributed by atoms with van der Waals surface area (Å²) >= 11 is 6.70. The van der Waals surface area contributed by atoms with Crippen LogP contribution < -0.4 is 20.1 Å². The zero-order valence-corrected chi connectivity index (χ0v) is 23.1. The summed E-state index contributed by atoms with van der Waals surface area (Å²) < 4.78 is 10.9. The number of carbonyl (C=O) groups excluding carboxylic acids is 3. The lowest BCUT2D eigenvalue weighted by Crippen LogP contribution is -2.55. The van der Waals surface area contributed by atoms with Crippen LogP contribution in [-0.2, 0) is 20.5 Å². The third kappa shape index (κ3) is 2.87. The van der Waals surface area contributed by atoms with Crippen molar-refractivity contribution in [2.24, 2.45) is 5.92 Å². The number of hydrogen-bond donors (Lipinski definition) is 2. The molecule has 4 aliphatic rings. The van der Waals surface area contributed by atoms with E-state index in [0.717, 1.165) is 17.5 Å². The zero-order valence-electron chi connectivity index (χ0n) is 22.3. The lowest BCUT2D eigenvalue weighted by Gasteiger charge is -2.38. The van der Waals surface area contributed by atoms with E-state index < -0.39 is 16.9 Å². The molecule has 4 atom stereocenters.